The van der Waals surface area contributed by atoms with Gasteiger partial charge in [0.05, 0.1) is 11.0 Å². The third kappa shape index (κ3) is 2.32. The average molecular weight is 259 g/mol. The van der Waals surface area contributed by atoms with Crippen LogP contribution in [0.15, 0.2) is 18.2 Å². The molecule has 3 rings (SSSR count). The molecule has 1 heterocycles. The van der Waals surface area contributed by atoms with Gasteiger partial charge in [-0.3, -0.25) is 0 Å². The lowest BCUT2D eigenvalue weighted by molar-refractivity contribution is 0.274. The van der Waals surface area contributed by atoms with E-state index in [0.717, 1.165) is 24.0 Å². The van der Waals surface area contributed by atoms with Crippen molar-refractivity contribution in [1.29, 1.82) is 0 Å². The van der Waals surface area contributed by atoms with Gasteiger partial charge < -0.3 is 15.4 Å². The number of nitrogens with two attached hydrogens (primary N) is 1. The monoisotopic (exact) mass is 259 g/mol. The molecular formula is C15H21N3O. The van der Waals surface area contributed by atoms with Crippen LogP contribution in [-0.2, 0) is 0 Å². The molecule has 3 N–H and O–H groups in total. The molecule has 2 aromatic rings. The van der Waals surface area contributed by atoms with Gasteiger partial charge in [0.25, 0.3) is 0 Å². The average Bonchev–Trinajstić information content (AvgIpc) is 3.17. The van der Waals surface area contributed by atoms with E-state index in [1.54, 1.807) is 0 Å². The zero-order valence-corrected chi connectivity index (χ0v) is 11.3. The predicted octanol–water partition coefficient (Wildman–Crippen LogP) is 2.83. The second-order valence-corrected chi connectivity index (χ2v) is 5.58. The Hall–Kier alpha value is -1.55. The summed E-state index contributed by atoms with van der Waals surface area (Å²) in [6, 6.07) is 6.34. The van der Waals surface area contributed by atoms with E-state index in [1.807, 2.05) is 12.1 Å². The maximum absolute atomic E-state index is 9.01. The molecule has 4 heteroatoms. The van der Waals surface area contributed by atoms with Crippen LogP contribution in [0.5, 0.6) is 0 Å². The molecule has 19 heavy (non-hydrogen) atoms. The Balaban J connectivity index is 2.05. The number of aliphatic hydroxyl groups excluding tert-OH is 1. The molecule has 0 bridgehead atoms. The fourth-order valence-corrected chi connectivity index (χ4v) is 2.74. The zero-order valence-electron chi connectivity index (χ0n) is 11.3. The number of benzene rings is 1. The Kier molecular flexibility index (Phi) is 3.19. The van der Waals surface area contributed by atoms with Crippen LogP contribution >= 0.6 is 0 Å². The number of rotatable bonds is 5. The van der Waals surface area contributed by atoms with Gasteiger partial charge in [0.15, 0.2) is 0 Å². The highest BCUT2D eigenvalue weighted by molar-refractivity contribution is 5.80. The number of hydrogen-bond donors (Lipinski definition) is 2. The summed E-state index contributed by atoms with van der Waals surface area (Å²) in [6.07, 6.45) is 4.29. The molecule has 0 spiro atoms. The molecule has 1 saturated carbocycles. The van der Waals surface area contributed by atoms with E-state index in [-0.39, 0.29) is 6.61 Å². The van der Waals surface area contributed by atoms with Crippen LogP contribution in [-0.4, -0.2) is 21.3 Å². The van der Waals surface area contributed by atoms with Crippen molar-refractivity contribution in [2.24, 2.45) is 0 Å². The minimum absolute atomic E-state index is 0.253. The van der Waals surface area contributed by atoms with E-state index in [0.29, 0.717) is 12.0 Å². The van der Waals surface area contributed by atoms with Crippen LogP contribution in [0.2, 0.25) is 0 Å². The quantitative estimate of drug-likeness (QED) is 0.811. The van der Waals surface area contributed by atoms with Gasteiger partial charge in [-0.25, -0.2) is 4.98 Å². The lowest BCUT2D eigenvalue weighted by Gasteiger charge is -2.17. The summed E-state index contributed by atoms with van der Waals surface area (Å²) in [5.74, 6) is 1.82. The number of hydrogen-bond acceptors (Lipinski definition) is 3. The first-order valence-corrected chi connectivity index (χ1v) is 7.09. The van der Waals surface area contributed by atoms with Gasteiger partial charge in [-0.1, -0.05) is 0 Å². The molecule has 102 valence electrons. The molecular weight excluding hydrogens is 238 g/mol. The fraction of sp³-hybridized carbons (Fsp3) is 0.533. The Morgan fingerprint density at radius 3 is 2.95 bits per heavy atom. The summed E-state index contributed by atoms with van der Waals surface area (Å²) in [7, 11) is 0. The van der Waals surface area contributed by atoms with Gasteiger partial charge in [0.2, 0.25) is 0 Å². The van der Waals surface area contributed by atoms with Crippen LogP contribution in [0.4, 0.5) is 5.69 Å². The van der Waals surface area contributed by atoms with Gasteiger partial charge >= 0.3 is 0 Å². The summed E-state index contributed by atoms with van der Waals surface area (Å²) in [5, 5.41) is 9.01. The van der Waals surface area contributed by atoms with Gasteiger partial charge in [0.1, 0.15) is 5.82 Å². The molecule has 1 unspecified atom stereocenters. The summed E-state index contributed by atoms with van der Waals surface area (Å²) in [4.78, 5) is 4.79. The first-order chi connectivity index (χ1) is 9.20. The van der Waals surface area contributed by atoms with E-state index in [1.165, 1.54) is 24.2 Å². The summed E-state index contributed by atoms with van der Waals surface area (Å²) in [5.41, 5.74) is 8.78. The van der Waals surface area contributed by atoms with E-state index < -0.39 is 0 Å². The highest BCUT2D eigenvalue weighted by atomic mass is 16.2. The largest absolute Gasteiger partial charge is 0.399 e. The van der Waals surface area contributed by atoms with Gasteiger partial charge in [-0.2, -0.15) is 0 Å². The Bertz CT molecular complexity index is 586. The summed E-state index contributed by atoms with van der Waals surface area (Å²) >= 11 is 0. The van der Waals surface area contributed by atoms with Crippen LogP contribution in [0.3, 0.4) is 0 Å². The van der Waals surface area contributed by atoms with Crippen molar-refractivity contribution in [3.8, 4) is 0 Å². The van der Waals surface area contributed by atoms with Crippen molar-refractivity contribution in [1.82, 2.24) is 9.55 Å². The molecule has 1 aliphatic rings. The van der Waals surface area contributed by atoms with Crippen molar-refractivity contribution in [2.75, 3.05) is 12.3 Å². The topological polar surface area (TPSA) is 64.1 Å². The first kappa shape index (κ1) is 12.5. The zero-order chi connectivity index (χ0) is 13.4. The number of nitrogen functional groups attached to an aromatic ring is 1. The maximum atomic E-state index is 9.01. The van der Waals surface area contributed by atoms with Crippen molar-refractivity contribution in [2.45, 2.75) is 44.6 Å². The lowest BCUT2D eigenvalue weighted by atomic mass is 10.1. The summed E-state index contributed by atoms with van der Waals surface area (Å²) < 4.78 is 2.35. The molecule has 1 atom stereocenters. The molecule has 1 fully saturated rings. The molecule has 1 aromatic carbocycles. The van der Waals surface area contributed by atoms with Crippen LogP contribution in [0.25, 0.3) is 11.0 Å². The van der Waals surface area contributed by atoms with Gasteiger partial charge in [-0.15, -0.1) is 0 Å². The SMILES string of the molecule is CC(CCCO)n1c(C2CC2)nc2cc(N)ccc21. The van der Waals surface area contributed by atoms with Crippen molar-refractivity contribution >= 4 is 16.7 Å². The second kappa shape index (κ2) is 4.85. The normalized spacial score (nSPS) is 16.9. The van der Waals surface area contributed by atoms with E-state index in [4.69, 9.17) is 15.8 Å². The fourth-order valence-electron chi connectivity index (χ4n) is 2.74. The molecule has 0 radical (unpaired) electrons. The number of nitrogens with zero attached hydrogens (tertiary/aromatic N) is 2. The summed E-state index contributed by atoms with van der Waals surface area (Å²) in [6.45, 7) is 2.46. The lowest BCUT2D eigenvalue weighted by Crippen LogP contribution is -2.09. The number of aliphatic hydroxyl groups is 1. The Morgan fingerprint density at radius 2 is 2.26 bits per heavy atom. The third-order valence-electron chi connectivity index (χ3n) is 3.90. The van der Waals surface area contributed by atoms with Crippen LogP contribution in [0.1, 0.15) is 50.4 Å². The van der Waals surface area contributed by atoms with Crippen LogP contribution in [0, 0.1) is 0 Å². The first-order valence-electron chi connectivity index (χ1n) is 7.09. The van der Waals surface area contributed by atoms with E-state index in [2.05, 4.69) is 17.6 Å². The van der Waals surface area contributed by atoms with Crippen molar-refractivity contribution in [3.63, 3.8) is 0 Å². The number of aromatic nitrogens is 2. The minimum atomic E-state index is 0.253. The molecule has 4 nitrogen and oxygen atoms in total. The predicted molar refractivity (Wildman–Crippen MR) is 77.2 cm³/mol. The van der Waals surface area contributed by atoms with Crippen molar-refractivity contribution in [3.05, 3.63) is 24.0 Å². The highest BCUT2D eigenvalue weighted by Gasteiger charge is 2.30. The Labute approximate surface area is 113 Å². The van der Waals surface area contributed by atoms with Crippen LogP contribution < -0.4 is 5.73 Å². The standard InChI is InChI=1S/C15H21N3O/c1-10(3-2-8-19)18-14-7-6-12(16)9-13(14)17-15(18)11-4-5-11/h6-7,9-11,19H,2-5,8,16H2,1H3. The number of imidazole rings is 1. The van der Waals surface area contributed by atoms with Gasteiger partial charge in [-0.05, 0) is 50.8 Å². The molecule has 0 aliphatic heterocycles. The highest BCUT2D eigenvalue weighted by Crippen LogP contribution is 2.42. The number of fused-ring (bicyclic) bond motifs is 1. The maximum Gasteiger partial charge on any atom is 0.113 e. The molecule has 0 amide bonds. The van der Waals surface area contributed by atoms with E-state index in [9.17, 15) is 0 Å². The van der Waals surface area contributed by atoms with E-state index >= 15 is 0 Å². The minimum Gasteiger partial charge on any atom is -0.399 e. The second-order valence-electron chi connectivity index (χ2n) is 5.58. The van der Waals surface area contributed by atoms with Gasteiger partial charge in [0, 0.05) is 24.3 Å². The number of anilines is 1. The third-order valence-corrected chi connectivity index (χ3v) is 3.90. The Morgan fingerprint density at radius 1 is 1.47 bits per heavy atom. The molecule has 1 aliphatic carbocycles. The van der Waals surface area contributed by atoms with Crippen molar-refractivity contribution < 1.29 is 5.11 Å². The molecule has 0 saturated heterocycles. The smallest absolute Gasteiger partial charge is 0.113 e. The molecule has 1 aromatic heterocycles.